The van der Waals surface area contributed by atoms with Crippen molar-refractivity contribution in [1.82, 2.24) is 0 Å². The largest absolute Gasteiger partial charge is 0.495 e. The molecule has 0 aromatic heterocycles. The Morgan fingerprint density at radius 2 is 1.68 bits per heavy atom. The van der Waals surface area contributed by atoms with Crippen LogP contribution in [-0.4, -0.2) is 34.6 Å². The van der Waals surface area contributed by atoms with Gasteiger partial charge in [-0.2, -0.15) is 0 Å². The zero-order valence-corrected chi connectivity index (χ0v) is 14.4. The number of non-ortho nitro benzene ring substituents is 1. The van der Waals surface area contributed by atoms with E-state index in [2.05, 4.69) is 0 Å². The molecule has 2 aromatic carbocycles. The van der Waals surface area contributed by atoms with Crippen LogP contribution in [0, 0.1) is 15.9 Å². The highest BCUT2D eigenvalue weighted by molar-refractivity contribution is 7.92. The second kappa shape index (κ2) is 6.93. The lowest BCUT2D eigenvalue weighted by molar-refractivity contribution is -0.384. The number of rotatable bonds is 6. The molecule has 25 heavy (non-hydrogen) atoms. The standard InChI is InChI=1S/C15H15FN2O6S/c1-17(13-8-10(18(19)20)4-6-15(13)24-3)25(21,22)11-5-7-14(23-2)12(16)9-11/h4-9H,1-3H3. The van der Waals surface area contributed by atoms with Gasteiger partial charge in [0, 0.05) is 19.2 Å². The Balaban J connectivity index is 2.55. The molecule has 0 radical (unpaired) electrons. The van der Waals surface area contributed by atoms with Crippen LogP contribution in [0.4, 0.5) is 15.8 Å². The molecule has 0 unspecified atom stereocenters. The van der Waals surface area contributed by atoms with Crippen LogP contribution in [-0.2, 0) is 10.0 Å². The van der Waals surface area contributed by atoms with E-state index in [9.17, 15) is 22.9 Å². The van der Waals surface area contributed by atoms with Crippen molar-refractivity contribution in [3.8, 4) is 11.5 Å². The van der Waals surface area contributed by atoms with Gasteiger partial charge in [0.15, 0.2) is 11.6 Å². The van der Waals surface area contributed by atoms with Crippen molar-refractivity contribution in [2.24, 2.45) is 0 Å². The molecule has 0 N–H and O–H groups in total. The van der Waals surface area contributed by atoms with Gasteiger partial charge in [0.05, 0.1) is 24.0 Å². The maximum absolute atomic E-state index is 13.8. The number of methoxy groups -OCH3 is 2. The highest BCUT2D eigenvalue weighted by Crippen LogP contribution is 2.35. The van der Waals surface area contributed by atoms with E-state index in [1.807, 2.05) is 0 Å². The minimum atomic E-state index is -4.18. The number of benzene rings is 2. The van der Waals surface area contributed by atoms with Crippen molar-refractivity contribution in [3.05, 3.63) is 52.3 Å². The van der Waals surface area contributed by atoms with Gasteiger partial charge in [-0.1, -0.05) is 0 Å². The number of hydrogen-bond donors (Lipinski definition) is 0. The number of halogens is 1. The molecule has 10 heteroatoms. The van der Waals surface area contributed by atoms with E-state index in [0.29, 0.717) is 0 Å². The lowest BCUT2D eigenvalue weighted by Crippen LogP contribution is -2.27. The third kappa shape index (κ3) is 3.48. The average molecular weight is 370 g/mol. The first-order valence-electron chi connectivity index (χ1n) is 6.87. The van der Waals surface area contributed by atoms with Gasteiger partial charge >= 0.3 is 0 Å². The Bertz CT molecular complexity index is 916. The zero-order chi connectivity index (χ0) is 18.8. The van der Waals surface area contributed by atoms with E-state index >= 15 is 0 Å². The van der Waals surface area contributed by atoms with Gasteiger partial charge in [0.1, 0.15) is 11.4 Å². The van der Waals surface area contributed by atoms with Gasteiger partial charge in [-0.3, -0.25) is 14.4 Å². The van der Waals surface area contributed by atoms with Crippen molar-refractivity contribution in [1.29, 1.82) is 0 Å². The number of nitrogens with zero attached hydrogens (tertiary/aromatic N) is 2. The molecule has 2 rings (SSSR count). The van der Waals surface area contributed by atoms with Crippen LogP contribution in [0.5, 0.6) is 11.5 Å². The summed E-state index contributed by atoms with van der Waals surface area (Å²) in [6.45, 7) is 0. The molecule has 8 nitrogen and oxygen atoms in total. The van der Waals surface area contributed by atoms with E-state index in [0.717, 1.165) is 16.4 Å². The van der Waals surface area contributed by atoms with Gasteiger partial charge in [-0.05, 0) is 24.3 Å². The molecule has 0 heterocycles. The first kappa shape index (κ1) is 18.5. The average Bonchev–Trinajstić information content (AvgIpc) is 2.60. The first-order chi connectivity index (χ1) is 11.7. The van der Waals surface area contributed by atoms with Crippen LogP contribution in [0.2, 0.25) is 0 Å². The molecule has 0 amide bonds. The van der Waals surface area contributed by atoms with Crippen molar-refractivity contribution in [3.63, 3.8) is 0 Å². The number of hydrogen-bond acceptors (Lipinski definition) is 6. The molecule has 0 aliphatic heterocycles. The third-order valence-corrected chi connectivity index (χ3v) is 5.26. The van der Waals surface area contributed by atoms with Crippen LogP contribution in [0.15, 0.2) is 41.3 Å². The van der Waals surface area contributed by atoms with Crippen molar-refractivity contribution < 1.29 is 27.2 Å². The summed E-state index contributed by atoms with van der Waals surface area (Å²) in [5.74, 6) is -0.830. The molecular formula is C15H15FN2O6S. The van der Waals surface area contributed by atoms with Crippen LogP contribution >= 0.6 is 0 Å². The van der Waals surface area contributed by atoms with Crippen LogP contribution in [0.25, 0.3) is 0 Å². The lowest BCUT2D eigenvalue weighted by atomic mass is 10.2. The predicted octanol–water partition coefficient (Wildman–Crippen LogP) is 2.58. The second-order valence-corrected chi connectivity index (χ2v) is 6.85. The van der Waals surface area contributed by atoms with E-state index in [1.165, 1.54) is 45.5 Å². The number of anilines is 1. The molecule has 0 spiro atoms. The Morgan fingerprint density at radius 1 is 1.08 bits per heavy atom. The fraction of sp³-hybridized carbons (Fsp3) is 0.200. The monoisotopic (exact) mass is 370 g/mol. The summed E-state index contributed by atoms with van der Waals surface area (Å²) in [6, 6.07) is 6.72. The minimum Gasteiger partial charge on any atom is -0.495 e. The number of nitro groups is 1. The van der Waals surface area contributed by atoms with E-state index in [-0.39, 0.29) is 27.8 Å². The van der Waals surface area contributed by atoms with E-state index < -0.39 is 20.8 Å². The normalized spacial score (nSPS) is 11.0. The molecule has 0 aliphatic rings. The predicted molar refractivity (Wildman–Crippen MR) is 88.2 cm³/mol. The molecule has 0 fully saturated rings. The van der Waals surface area contributed by atoms with E-state index in [4.69, 9.17) is 9.47 Å². The molecule has 0 atom stereocenters. The highest BCUT2D eigenvalue weighted by Gasteiger charge is 2.26. The topological polar surface area (TPSA) is 99.0 Å². The van der Waals surface area contributed by atoms with Crippen molar-refractivity contribution >= 4 is 21.4 Å². The molecule has 134 valence electrons. The molecular weight excluding hydrogens is 355 g/mol. The quantitative estimate of drug-likeness (QED) is 0.572. The molecule has 0 bridgehead atoms. The maximum atomic E-state index is 13.8. The van der Waals surface area contributed by atoms with E-state index in [1.54, 1.807) is 0 Å². The lowest BCUT2D eigenvalue weighted by Gasteiger charge is -2.21. The van der Waals surface area contributed by atoms with Gasteiger partial charge in [0.2, 0.25) is 0 Å². The fourth-order valence-corrected chi connectivity index (χ4v) is 3.34. The number of sulfonamides is 1. The smallest absolute Gasteiger partial charge is 0.271 e. The summed E-state index contributed by atoms with van der Waals surface area (Å²) in [4.78, 5) is 9.96. The fourth-order valence-electron chi connectivity index (χ4n) is 2.13. The Kier molecular flexibility index (Phi) is 5.12. The van der Waals surface area contributed by atoms with Gasteiger partial charge in [-0.25, -0.2) is 12.8 Å². The highest BCUT2D eigenvalue weighted by atomic mass is 32.2. The van der Waals surface area contributed by atoms with Gasteiger partial charge in [0.25, 0.3) is 15.7 Å². The Hall–Kier alpha value is -2.88. The first-order valence-corrected chi connectivity index (χ1v) is 8.31. The van der Waals surface area contributed by atoms with Crippen molar-refractivity contribution in [2.75, 3.05) is 25.6 Å². The third-order valence-electron chi connectivity index (χ3n) is 3.49. The summed E-state index contributed by atoms with van der Waals surface area (Å²) in [6.07, 6.45) is 0. The van der Waals surface area contributed by atoms with Crippen LogP contribution < -0.4 is 13.8 Å². The summed E-state index contributed by atoms with van der Waals surface area (Å²) in [5.41, 5.74) is -0.355. The maximum Gasteiger partial charge on any atom is 0.271 e. The molecule has 0 aliphatic carbocycles. The van der Waals surface area contributed by atoms with Crippen LogP contribution in [0.3, 0.4) is 0 Å². The summed E-state index contributed by atoms with van der Waals surface area (Å²) in [7, 11) is -0.426. The van der Waals surface area contributed by atoms with Crippen LogP contribution in [0.1, 0.15) is 0 Å². The van der Waals surface area contributed by atoms with Gasteiger partial charge in [-0.15, -0.1) is 0 Å². The Labute approximate surface area is 143 Å². The molecule has 0 saturated heterocycles. The summed E-state index contributed by atoms with van der Waals surface area (Å²) >= 11 is 0. The minimum absolute atomic E-state index is 0.0482. The van der Waals surface area contributed by atoms with Crippen molar-refractivity contribution in [2.45, 2.75) is 4.90 Å². The number of nitro benzene ring substituents is 1. The summed E-state index contributed by atoms with van der Waals surface area (Å²) in [5, 5.41) is 10.9. The second-order valence-electron chi connectivity index (χ2n) is 4.88. The zero-order valence-electron chi connectivity index (χ0n) is 13.6. The summed E-state index contributed by atoms with van der Waals surface area (Å²) < 4.78 is 49.9. The molecule has 2 aromatic rings. The number of ether oxygens (including phenoxy) is 2. The Morgan fingerprint density at radius 3 is 2.20 bits per heavy atom. The van der Waals surface area contributed by atoms with Gasteiger partial charge < -0.3 is 9.47 Å². The molecule has 0 saturated carbocycles. The SMILES string of the molecule is COc1ccc(S(=O)(=O)N(C)c2cc([N+](=O)[O-])ccc2OC)cc1F.